The molecule has 0 aliphatic rings. The van der Waals surface area contributed by atoms with Crippen molar-refractivity contribution >= 4 is 15.7 Å². The van der Waals surface area contributed by atoms with Gasteiger partial charge < -0.3 is 5.11 Å². The third-order valence-electron chi connectivity index (χ3n) is 2.22. The Hall–Kier alpha value is -2.08. The fourth-order valence-electron chi connectivity index (χ4n) is 1.56. The molecular weight excluding hydrogens is 252 g/mol. The third-order valence-corrected chi connectivity index (χ3v) is 2.83. The Balaban J connectivity index is 2.38. The largest absolute Gasteiger partial charge is 0.506 e. The van der Waals surface area contributed by atoms with Gasteiger partial charge in [0.15, 0.2) is 0 Å². The van der Waals surface area contributed by atoms with E-state index in [1.807, 2.05) is 6.07 Å². The summed E-state index contributed by atoms with van der Waals surface area (Å²) < 4.78 is 24.7. The first kappa shape index (κ1) is 12.4. The van der Waals surface area contributed by atoms with Crippen LogP contribution in [0.4, 0.5) is 5.69 Å². The van der Waals surface area contributed by atoms with Crippen molar-refractivity contribution in [3.05, 3.63) is 42.7 Å². The molecule has 0 radical (unpaired) electrons. The molecule has 2 N–H and O–H groups in total. The van der Waals surface area contributed by atoms with E-state index >= 15 is 0 Å². The van der Waals surface area contributed by atoms with E-state index < -0.39 is 10.0 Å². The Labute approximate surface area is 105 Å². The minimum Gasteiger partial charge on any atom is -0.506 e. The number of aromatic nitrogens is 1. The number of nitrogens with one attached hydrogen (secondary N) is 1. The SMILES string of the molecule is CS(=O)(=O)Nc1cccc(-c2cncc(O)c2)c1. The number of anilines is 1. The second-order valence-corrected chi connectivity index (χ2v) is 5.64. The first-order valence-corrected chi connectivity index (χ1v) is 7.05. The molecule has 1 heterocycles. The van der Waals surface area contributed by atoms with Gasteiger partial charge in [-0.25, -0.2) is 8.42 Å². The minimum absolute atomic E-state index is 0.0639. The van der Waals surface area contributed by atoms with E-state index in [1.165, 1.54) is 6.20 Å². The van der Waals surface area contributed by atoms with Crippen molar-refractivity contribution < 1.29 is 13.5 Å². The zero-order chi connectivity index (χ0) is 13.2. The predicted octanol–water partition coefficient (Wildman–Crippen LogP) is 1.83. The first-order valence-electron chi connectivity index (χ1n) is 5.16. The maximum atomic E-state index is 11.1. The molecule has 6 heteroatoms. The van der Waals surface area contributed by atoms with Crippen molar-refractivity contribution in [2.75, 3.05) is 11.0 Å². The average molecular weight is 264 g/mol. The van der Waals surface area contributed by atoms with Gasteiger partial charge >= 0.3 is 0 Å². The van der Waals surface area contributed by atoms with Gasteiger partial charge in [-0.15, -0.1) is 0 Å². The Morgan fingerprint density at radius 2 is 1.94 bits per heavy atom. The molecule has 18 heavy (non-hydrogen) atoms. The fourth-order valence-corrected chi connectivity index (χ4v) is 2.12. The monoisotopic (exact) mass is 264 g/mol. The summed E-state index contributed by atoms with van der Waals surface area (Å²) in [7, 11) is -3.30. The lowest BCUT2D eigenvalue weighted by Gasteiger charge is -2.06. The summed E-state index contributed by atoms with van der Waals surface area (Å²) in [6.07, 6.45) is 4.02. The topological polar surface area (TPSA) is 79.3 Å². The highest BCUT2D eigenvalue weighted by Gasteiger charge is 2.04. The lowest BCUT2D eigenvalue weighted by atomic mass is 10.1. The van der Waals surface area contributed by atoms with Crippen LogP contribution in [0.25, 0.3) is 11.1 Å². The van der Waals surface area contributed by atoms with Crippen molar-refractivity contribution in [1.29, 1.82) is 0 Å². The van der Waals surface area contributed by atoms with Gasteiger partial charge in [-0.2, -0.15) is 0 Å². The van der Waals surface area contributed by atoms with E-state index in [2.05, 4.69) is 9.71 Å². The van der Waals surface area contributed by atoms with Crippen LogP contribution in [-0.2, 0) is 10.0 Å². The molecule has 0 fully saturated rings. The summed E-state index contributed by atoms with van der Waals surface area (Å²) >= 11 is 0. The maximum absolute atomic E-state index is 11.1. The molecule has 0 atom stereocenters. The average Bonchev–Trinajstić information content (AvgIpc) is 2.27. The second-order valence-electron chi connectivity index (χ2n) is 3.89. The Morgan fingerprint density at radius 1 is 1.17 bits per heavy atom. The van der Waals surface area contributed by atoms with Crippen molar-refractivity contribution in [3.8, 4) is 16.9 Å². The van der Waals surface area contributed by atoms with E-state index in [1.54, 1.807) is 30.5 Å². The number of rotatable bonds is 3. The summed E-state index contributed by atoms with van der Waals surface area (Å²) in [6.45, 7) is 0. The summed E-state index contributed by atoms with van der Waals surface area (Å²) in [4.78, 5) is 3.88. The highest BCUT2D eigenvalue weighted by atomic mass is 32.2. The molecule has 0 aliphatic heterocycles. The molecule has 0 unspecified atom stereocenters. The molecular formula is C12H12N2O3S. The van der Waals surface area contributed by atoms with Crippen molar-refractivity contribution in [2.45, 2.75) is 0 Å². The molecule has 1 aromatic heterocycles. The zero-order valence-electron chi connectivity index (χ0n) is 9.66. The smallest absolute Gasteiger partial charge is 0.229 e. The molecule has 0 saturated carbocycles. The Morgan fingerprint density at radius 3 is 2.61 bits per heavy atom. The van der Waals surface area contributed by atoms with Gasteiger partial charge in [-0.05, 0) is 23.8 Å². The molecule has 2 rings (SSSR count). The predicted molar refractivity (Wildman–Crippen MR) is 69.8 cm³/mol. The van der Waals surface area contributed by atoms with Crippen LogP contribution in [0.5, 0.6) is 5.75 Å². The standard InChI is InChI=1S/C12H12N2O3S/c1-18(16,17)14-11-4-2-3-9(5-11)10-6-12(15)8-13-7-10/h2-8,14-15H,1H3. The van der Waals surface area contributed by atoms with Gasteiger partial charge in [0.2, 0.25) is 10.0 Å². The Bertz CT molecular complexity index is 669. The van der Waals surface area contributed by atoms with E-state index in [9.17, 15) is 13.5 Å². The van der Waals surface area contributed by atoms with Crippen molar-refractivity contribution in [2.24, 2.45) is 0 Å². The van der Waals surface area contributed by atoms with Crippen LogP contribution in [0.15, 0.2) is 42.7 Å². The second kappa shape index (κ2) is 4.66. The van der Waals surface area contributed by atoms with Gasteiger partial charge in [-0.3, -0.25) is 9.71 Å². The van der Waals surface area contributed by atoms with Crippen LogP contribution < -0.4 is 4.72 Å². The van der Waals surface area contributed by atoms with E-state index in [0.717, 1.165) is 11.8 Å². The molecule has 0 aliphatic carbocycles. The molecule has 5 nitrogen and oxygen atoms in total. The fraction of sp³-hybridized carbons (Fsp3) is 0.0833. The van der Waals surface area contributed by atoms with Gasteiger partial charge in [0.25, 0.3) is 0 Å². The van der Waals surface area contributed by atoms with Crippen LogP contribution in [0.3, 0.4) is 0 Å². The van der Waals surface area contributed by atoms with Crippen LogP contribution in [-0.4, -0.2) is 24.8 Å². The number of nitrogens with zero attached hydrogens (tertiary/aromatic N) is 1. The third kappa shape index (κ3) is 3.21. The van der Waals surface area contributed by atoms with E-state index in [4.69, 9.17) is 0 Å². The highest BCUT2D eigenvalue weighted by Crippen LogP contribution is 2.24. The van der Waals surface area contributed by atoms with Crippen molar-refractivity contribution in [3.63, 3.8) is 0 Å². The summed E-state index contributed by atoms with van der Waals surface area (Å²) in [5, 5.41) is 9.36. The normalized spacial score (nSPS) is 11.2. The van der Waals surface area contributed by atoms with Gasteiger partial charge in [0.05, 0.1) is 12.5 Å². The lowest BCUT2D eigenvalue weighted by Crippen LogP contribution is -2.09. The van der Waals surface area contributed by atoms with Crippen LogP contribution >= 0.6 is 0 Å². The number of hydrogen-bond donors (Lipinski definition) is 2. The van der Waals surface area contributed by atoms with Crippen LogP contribution in [0, 0.1) is 0 Å². The van der Waals surface area contributed by atoms with Crippen LogP contribution in [0.1, 0.15) is 0 Å². The molecule has 0 amide bonds. The highest BCUT2D eigenvalue weighted by molar-refractivity contribution is 7.92. The summed E-state index contributed by atoms with van der Waals surface area (Å²) in [5.74, 6) is 0.0639. The maximum Gasteiger partial charge on any atom is 0.229 e. The van der Waals surface area contributed by atoms with Gasteiger partial charge in [0.1, 0.15) is 5.75 Å². The number of hydrogen-bond acceptors (Lipinski definition) is 4. The summed E-state index contributed by atoms with van der Waals surface area (Å²) in [6, 6.07) is 8.43. The molecule has 0 spiro atoms. The first-order chi connectivity index (χ1) is 8.44. The number of pyridine rings is 1. The quantitative estimate of drug-likeness (QED) is 0.886. The number of aromatic hydroxyl groups is 1. The number of sulfonamides is 1. The molecule has 1 aromatic carbocycles. The van der Waals surface area contributed by atoms with E-state index in [-0.39, 0.29) is 5.75 Å². The molecule has 0 saturated heterocycles. The van der Waals surface area contributed by atoms with Gasteiger partial charge in [-0.1, -0.05) is 12.1 Å². The van der Waals surface area contributed by atoms with Gasteiger partial charge in [0, 0.05) is 17.4 Å². The Kier molecular flexibility index (Phi) is 3.20. The van der Waals surface area contributed by atoms with E-state index in [0.29, 0.717) is 11.3 Å². The number of benzene rings is 1. The molecule has 94 valence electrons. The lowest BCUT2D eigenvalue weighted by molar-refractivity contribution is 0.473. The zero-order valence-corrected chi connectivity index (χ0v) is 10.5. The van der Waals surface area contributed by atoms with Crippen LogP contribution in [0.2, 0.25) is 0 Å². The minimum atomic E-state index is -3.30. The molecule has 2 aromatic rings. The van der Waals surface area contributed by atoms with Crippen molar-refractivity contribution in [1.82, 2.24) is 4.98 Å². The molecule has 0 bridgehead atoms. The summed E-state index contributed by atoms with van der Waals surface area (Å²) in [5.41, 5.74) is 1.96.